The number of carbonyl (C=O) groups is 1. The van der Waals surface area contributed by atoms with Gasteiger partial charge in [-0.2, -0.15) is 10.2 Å². The summed E-state index contributed by atoms with van der Waals surface area (Å²) in [5.74, 6) is 2.68. The van der Waals surface area contributed by atoms with Gasteiger partial charge in [0.25, 0.3) is 5.91 Å². The van der Waals surface area contributed by atoms with Gasteiger partial charge in [-0.15, -0.1) is 0 Å². The van der Waals surface area contributed by atoms with Crippen LogP contribution < -0.4 is 10.1 Å². The fourth-order valence-corrected chi connectivity index (χ4v) is 6.54. The largest absolute Gasteiger partial charge is 0.467 e. The molecule has 1 N–H and O–H groups in total. The van der Waals surface area contributed by atoms with E-state index in [1.54, 1.807) is 18.2 Å². The zero-order valence-electron chi connectivity index (χ0n) is 17.6. The van der Waals surface area contributed by atoms with E-state index in [0.717, 1.165) is 42.6 Å². The average molecular weight is 435 g/mol. The molecule has 1 aromatic heterocycles. The smallest absolute Gasteiger partial charge is 0.258 e. The summed E-state index contributed by atoms with van der Waals surface area (Å²) in [6.07, 6.45) is 9.32. The highest BCUT2D eigenvalue weighted by Gasteiger charge is 2.51. The molecule has 0 spiro atoms. The summed E-state index contributed by atoms with van der Waals surface area (Å²) >= 11 is 1.42. The molecule has 160 valence electrons. The van der Waals surface area contributed by atoms with E-state index >= 15 is 0 Å². The van der Waals surface area contributed by atoms with Gasteiger partial charge in [-0.3, -0.25) is 4.79 Å². The molecular formula is C24H26N4O2S. The van der Waals surface area contributed by atoms with E-state index in [9.17, 15) is 4.79 Å². The third-order valence-electron chi connectivity index (χ3n) is 6.97. The zero-order valence-corrected chi connectivity index (χ0v) is 18.5. The van der Waals surface area contributed by atoms with Crippen LogP contribution in [0, 0.1) is 29.1 Å². The molecular weight excluding hydrogens is 408 g/mol. The van der Waals surface area contributed by atoms with Crippen LogP contribution in [0.5, 0.6) is 5.88 Å². The lowest BCUT2D eigenvalue weighted by atomic mass is 9.53. The number of thioether (sulfide) groups is 1. The van der Waals surface area contributed by atoms with Crippen LogP contribution in [0.15, 0.2) is 35.5 Å². The number of carbonyl (C=O) groups excluding carboxylic acids is 1. The summed E-state index contributed by atoms with van der Waals surface area (Å²) in [7, 11) is 0. The van der Waals surface area contributed by atoms with E-state index in [0.29, 0.717) is 22.3 Å². The summed E-state index contributed by atoms with van der Waals surface area (Å²) in [5, 5.41) is 12.9. The summed E-state index contributed by atoms with van der Waals surface area (Å²) < 4.78 is 5.80. The first-order valence-electron chi connectivity index (χ1n) is 10.9. The van der Waals surface area contributed by atoms with E-state index in [2.05, 4.69) is 21.4 Å². The molecule has 0 aliphatic heterocycles. The maximum Gasteiger partial charge on any atom is 0.258 e. The highest BCUT2D eigenvalue weighted by atomic mass is 32.2. The first-order valence-corrected chi connectivity index (χ1v) is 12.1. The zero-order chi connectivity index (χ0) is 21.4. The lowest BCUT2D eigenvalue weighted by molar-refractivity contribution is -0.128. The van der Waals surface area contributed by atoms with Gasteiger partial charge in [0.05, 0.1) is 17.3 Å². The van der Waals surface area contributed by atoms with Crippen molar-refractivity contribution in [2.24, 2.45) is 17.8 Å². The Labute approximate surface area is 186 Å². The fraction of sp³-hybridized carbons (Fsp3) is 0.500. The molecule has 1 heterocycles. The van der Waals surface area contributed by atoms with Gasteiger partial charge in [-0.1, -0.05) is 23.9 Å². The number of hydrogen-bond donors (Lipinski definition) is 1. The Morgan fingerprint density at radius 3 is 2.39 bits per heavy atom. The van der Waals surface area contributed by atoms with Crippen molar-refractivity contribution in [2.45, 2.75) is 49.2 Å². The Morgan fingerprint density at radius 2 is 1.81 bits per heavy atom. The van der Waals surface area contributed by atoms with E-state index in [1.807, 2.05) is 18.4 Å². The number of ether oxygens (including phenoxy) is 1. The number of nitrogens with zero attached hydrogens (tertiary/aromatic N) is 3. The van der Waals surface area contributed by atoms with E-state index < -0.39 is 0 Å². The van der Waals surface area contributed by atoms with Gasteiger partial charge < -0.3 is 10.1 Å². The first kappa shape index (κ1) is 20.3. The van der Waals surface area contributed by atoms with E-state index in [4.69, 9.17) is 10.00 Å². The SMILES string of the molecule is CSc1nc(OCC(=O)NC23CC4CC(CC(C4)C2)C3)cc(-c2ccc(C#N)cc2)n1. The number of hydrogen-bond acceptors (Lipinski definition) is 6. The highest BCUT2D eigenvalue weighted by Crippen LogP contribution is 2.55. The Morgan fingerprint density at radius 1 is 1.16 bits per heavy atom. The molecule has 4 bridgehead atoms. The molecule has 0 unspecified atom stereocenters. The third kappa shape index (κ3) is 4.27. The second-order valence-corrected chi connectivity index (χ2v) is 10.1. The van der Waals surface area contributed by atoms with Crippen LogP contribution in [0.4, 0.5) is 0 Å². The predicted octanol–water partition coefficient (Wildman–Crippen LogP) is 4.20. The van der Waals surface area contributed by atoms with Crippen LogP contribution >= 0.6 is 11.8 Å². The molecule has 0 saturated heterocycles. The molecule has 1 aromatic carbocycles. The monoisotopic (exact) mass is 434 g/mol. The number of amides is 1. The van der Waals surface area contributed by atoms with Gasteiger partial charge in [0.2, 0.25) is 5.88 Å². The molecule has 0 atom stereocenters. The van der Waals surface area contributed by atoms with Crippen LogP contribution in [0.2, 0.25) is 0 Å². The second kappa shape index (κ2) is 8.16. The van der Waals surface area contributed by atoms with Crippen LogP contribution in [0.3, 0.4) is 0 Å². The summed E-state index contributed by atoms with van der Waals surface area (Å²) in [4.78, 5) is 21.7. The molecule has 4 aliphatic carbocycles. The molecule has 2 aromatic rings. The van der Waals surface area contributed by atoms with Crippen molar-refractivity contribution in [3.63, 3.8) is 0 Å². The summed E-state index contributed by atoms with van der Waals surface area (Å²) in [6.45, 7) is -0.0423. The maximum atomic E-state index is 12.8. The Kier molecular flexibility index (Phi) is 5.35. The van der Waals surface area contributed by atoms with Crippen LogP contribution in [-0.4, -0.2) is 34.3 Å². The van der Waals surface area contributed by atoms with Crippen molar-refractivity contribution in [1.29, 1.82) is 5.26 Å². The van der Waals surface area contributed by atoms with E-state index in [-0.39, 0.29) is 18.1 Å². The molecule has 4 aliphatic rings. The van der Waals surface area contributed by atoms with Crippen molar-refractivity contribution in [2.75, 3.05) is 12.9 Å². The molecule has 4 fully saturated rings. The maximum absolute atomic E-state index is 12.8. The molecule has 0 radical (unpaired) electrons. The second-order valence-electron chi connectivity index (χ2n) is 9.30. The van der Waals surface area contributed by atoms with Gasteiger partial charge in [-0.25, -0.2) is 4.98 Å². The lowest BCUT2D eigenvalue weighted by Crippen LogP contribution is -2.60. The number of rotatable bonds is 6. The standard InChI is InChI=1S/C24H26N4O2S/c1-31-23-26-20(19-4-2-15(13-25)3-5-19)9-22(27-23)30-14-21(29)28-24-10-16-6-17(11-24)8-18(7-16)12-24/h2-5,9,16-18H,6-8,10-12,14H2,1H3,(H,28,29). The van der Waals surface area contributed by atoms with Gasteiger partial charge >= 0.3 is 0 Å². The van der Waals surface area contributed by atoms with Crippen LogP contribution in [0.1, 0.15) is 44.1 Å². The lowest BCUT2D eigenvalue weighted by Gasteiger charge is -2.56. The molecule has 6 rings (SSSR count). The van der Waals surface area contributed by atoms with Crippen molar-refractivity contribution in [1.82, 2.24) is 15.3 Å². The Hall–Kier alpha value is -2.59. The minimum Gasteiger partial charge on any atom is -0.467 e. The number of benzene rings is 1. The molecule has 1 amide bonds. The molecule has 31 heavy (non-hydrogen) atoms. The minimum absolute atomic E-state index is 0.0149. The molecule has 4 saturated carbocycles. The Balaban J connectivity index is 1.26. The number of nitriles is 1. The minimum atomic E-state index is -0.0637. The van der Waals surface area contributed by atoms with Gasteiger partial charge in [0.15, 0.2) is 11.8 Å². The molecule has 6 nitrogen and oxygen atoms in total. The van der Waals surface area contributed by atoms with Gasteiger partial charge in [-0.05, 0) is 74.7 Å². The van der Waals surface area contributed by atoms with Crippen molar-refractivity contribution in [3.8, 4) is 23.2 Å². The first-order chi connectivity index (χ1) is 15.0. The number of nitrogens with one attached hydrogen (secondary N) is 1. The van der Waals surface area contributed by atoms with Gasteiger partial charge in [0.1, 0.15) is 0 Å². The van der Waals surface area contributed by atoms with Gasteiger partial charge in [0, 0.05) is 17.2 Å². The van der Waals surface area contributed by atoms with Crippen molar-refractivity contribution < 1.29 is 9.53 Å². The average Bonchev–Trinajstić information content (AvgIpc) is 2.76. The predicted molar refractivity (Wildman–Crippen MR) is 119 cm³/mol. The topological polar surface area (TPSA) is 87.9 Å². The fourth-order valence-electron chi connectivity index (χ4n) is 6.17. The van der Waals surface area contributed by atoms with E-state index in [1.165, 1.54) is 31.0 Å². The van der Waals surface area contributed by atoms with Crippen molar-refractivity contribution in [3.05, 3.63) is 35.9 Å². The summed E-state index contributed by atoms with van der Waals surface area (Å²) in [5.41, 5.74) is 2.17. The summed E-state index contributed by atoms with van der Waals surface area (Å²) in [6, 6.07) is 11.1. The van der Waals surface area contributed by atoms with Crippen molar-refractivity contribution >= 4 is 17.7 Å². The Bertz CT molecular complexity index is 996. The van der Waals surface area contributed by atoms with Crippen LogP contribution in [0.25, 0.3) is 11.3 Å². The quantitative estimate of drug-likeness (QED) is 0.541. The highest BCUT2D eigenvalue weighted by molar-refractivity contribution is 7.98. The van der Waals surface area contributed by atoms with Crippen LogP contribution in [-0.2, 0) is 4.79 Å². The number of aromatic nitrogens is 2. The third-order valence-corrected chi connectivity index (χ3v) is 7.52. The molecule has 7 heteroatoms. The normalized spacial score (nSPS) is 28.2.